The van der Waals surface area contributed by atoms with Crippen LogP contribution in [0.15, 0.2) is 4.52 Å². The second-order valence-corrected chi connectivity index (χ2v) is 7.53. The topological polar surface area (TPSA) is 94.5 Å². The summed E-state index contributed by atoms with van der Waals surface area (Å²) < 4.78 is 10.7. The molecule has 0 spiro atoms. The molecule has 1 heterocycles. The van der Waals surface area contributed by atoms with Crippen LogP contribution in [0.25, 0.3) is 0 Å². The highest BCUT2D eigenvalue weighted by Crippen LogP contribution is 2.42. The van der Waals surface area contributed by atoms with E-state index in [1.165, 1.54) is 6.42 Å². The number of halogens is 1. The number of amides is 1. The third-order valence-corrected chi connectivity index (χ3v) is 5.77. The number of ether oxygens (including phenoxy) is 1. The number of nitrogens with two attached hydrogens (primary N) is 1. The van der Waals surface area contributed by atoms with Crippen molar-refractivity contribution in [2.24, 2.45) is 23.5 Å². The van der Waals surface area contributed by atoms with Gasteiger partial charge >= 0.3 is 0 Å². The first-order chi connectivity index (χ1) is 12.0. The molecule has 26 heavy (non-hydrogen) atoms. The van der Waals surface area contributed by atoms with Crippen LogP contribution in [0.4, 0.5) is 0 Å². The average Bonchev–Trinajstić information content (AvgIpc) is 3.02. The second-order valence-electron chi connectivity index (χ2n) is 7.53. The Labute approximate surface area is 161 Å². The molecule has 3 unspecified atom stereocenters. The number of rotatable bonds is 6. The molecule has 1 aromatic heterocycles. The predicted molar refractivity (Wildman–Crippen MR) is 99.6 cm³/mol. The van der Waals surface area contributed by atoms with Crippen LogP contribution in [0, 0.1) is 17.8 Å². The van der Waals surface area contributed by atoms with E-state index >= 15 is 0 Å². The summed E-state index contributed by atoms with van der Waals surface area (Å²) in [6, 6.07) is 0.279. The van der Waals surface area contributed by atoms with Crippen LogP contribution in [0.5, 0.6) is 0 Å². The molecular weight excluding hydrogens is 356 g/mol. The number of aromatic nitrogens is 2. The Kier molecular flexibility index (Phi) is 7.43. The number of fused-ring (bicyclic) bond motifs is 2. The molecule has 1 amide bonds. The van der Waals surface area contributed by atoms with Crippen LogP contribution in [-0.4, -0.2) is 40.6 Å². The fraction of sp³-hybridized carbons (Fsp3) is 0.833. The van der Waals surface area contributed by atoms with Gasteiger partial charge in [0.2, 0.25) is 11.8 Å². The molecule has 8 heteroatoms. The summed E-state index contributed by atoms with van der Waals surface area (Å²) in [6.45, 7) is 4.74. The molecule has 148 valence electrons. The van der Waals surface area contributed by atoms with E-state index in [1.54, 1.807) is 4.90 Å². The Morgan fingerprint density at radius 2 is 2.04 bits per heavy atom. The summed E-state index contributed by atoms with van der Waals surface area (Å²) in [5.74, 6) is 2.21. The number of carbonyl (C=O) groups excluding carboxylic acids is 1. The monoisotopic (exact) mass is 386 g/mol. The highest BCUT2D eigenvalue weighted by Gasteiger charge is 2.41. The van der Waals surface area contributed by atoms with Crippen LogP contribution in [0.1, 0.15) is 63.8 Å². The number of carbonyl (C=O) groups is 1. The normalized spacial score (nSPS) is 28.9. The summed E-state index contributed by atoms with van der Waals surface area (Å²) in [5, 5.41) is 3.95. The molecule has 0 saturated heterocycles. The van der Waals surface area contributed by atoms with Crippen molar-refractivity contribution in [3.05, 3.63) is 11.7 Å². The van der Waals surface area contributed by atoms with E-state index in [0.29, 0.717) is 36.7 Å². The number of nitrogens with zero attached hydrogens (tertiary/aromatic N) is 3. The smallest absolute Gasteiger partial charge is 0.246 e. The first-order valence-corrected chi connectivity index (χ1v) is 9.44. The minimum Gasteiger partial charge on any atom is -0.371 e. The van der Waals surface area contributed by atoms with Gasteiger partial charge in [-0.1, -0.05) is 11.6 Å². The Bertz CT molecular complexity index is 583. The molecular formula is C18H31ClN4O3. The largest absolute Gasteiger partial charge is 0.371 e. The Balaban J connectivity index is 0.00000243. The van der Waals surface area contributed by atoms with Gasteiger partial charge < -0.3 is 19.9 Å². The van der Waals surface area contributed by atoms with Crippen molar-refractivity contribution in [2.75, 3.05) is 13.7 Å². The van der Waals surface area contributed by atoms with Gasteiger partial charge in [0.05, 0.1) is 6.54 Å². The van der Waals surface area contributed by atoms with Crippen LogP contribution in [0.3, 0.4) is 0 Å². The van der Waals surface area contributed by atoms with E-state index in [2.05, 4.69) is 10.1 Å². The zero-order chi connectivity index (χ0) is 18.0. The van der Waals surface area contributed by atoms with E-state index in [1.807, 2.05) is 20.9 Å². The summed E-state index contributed by atoms with van der Waals surface area (Å²) >= 11 is 0. The number of hydrogen-bond acceptors (Lipinski definition) is 6. The van der Waals surface area contributed by atoms with E-state index < -0.39 is 0 Å². The van der Waals surface area contributed by atoms with Crippen molar-refractivity contribution in [1.82, 2.24) is 15.0 Å². The zero-order valence-corrected chi connectivity index (χ0v) is 16.7. The molecule has 1 aromatic rings. The van der Waals surface area contributed by atoms with E-state index in [4.69, 9.17) is 15.0 Å². The van der Waals surface area contributed by atoms with Gasteiger partial charge in [-0.2, -0.15) is 4.98 Å². The molecule has 2 N–H and O–H groups in total. The maximum absolute atomic E-state index is 12.9. The van der Waals surface area contributed by atoms with Crippen molar-refractivity contribution < 1.29 is 14.1 Å². The molecule has 7 nitrogen and oxygen atoms in total. The number of hydrogen-bond donors (Lipinski definition) is 1. The maximum atomic E-state index is 12.9. The van der Waals surface area contributed by atoms with Gasteiger partial charge in [-0.15, -0.1) is 12.4 Å². The SMILES string of the molecule is CCOC(C)c1noc(CN(C)C(=O)C2CC3CCCC(C2)C3N)n1.Cl. The van der Waals surface area contributed by atoms with E-state index in [0.717, 1.165) is 25.7 Å². The summed E-state index contributed by atoms with van der Waals surface area (Å²) in [5.41, 5.74) is 6.33. The first kappa shape index (κ1) is 21.1. The summed E-state index contributed by atoms with van der Waals surface area (Å²) in [7, 11) is 1.81. The van der Waals surface area contributed by atoms with Crippen molar-refractivity contribution in [3.63, 3.8) is 0 Å². The fourth-order valence-corrected chi connectivity index (χ4v) is 4.41. The van der Waals surface area contributed by atoms with Gasteiger partial charge in [-0.25, -0.2) is 0 Å². The average molecular weight is 387 g/mol. The van der Waals surface area contributed by atoms with Gasteiger partial charge in [0.15, 0.2) is 5.82 Å². The molecule has 2 saturated carbocycles. The summed E-state index contributed by atoms with van der Waals surface area (Å²) in [4.78, 5) is 18.9. The molecule has 0 aromatic carbocycles. The second kappa shape index (κ2) is 9.15. The molecule has 2 aliphatic rings. The Morgan fingerprint density at radius 3 is 2.65 bits per heavy atom. The highest BCUT2D eigenvalue weighted by molar-refractivity contribution is 5.85. The quantitative estimate of drug-likeness (QED) is 0.807. The van der Waals surface area contributed by atoms with Gasteiger partial charge in [-0.3, -0.25) is 4.79 Å². The van der Waals surface area contributed by atoms with E-state index in [9.17, 15) is 4.79 Å². The molecule has 2 fully saturated rings. The molecule has 0 aliphatic heterocycles. The van der Waals surface area contributed by atoms with E-state index in [-0.39, 0.29) is 36.4 Å². The molecule has 2 aliphatic carbocycles. The van der Waals surface area contributed by atoms with Crippen LogP contribution in [0.2, 0.25) is 0 Å². The van der Waals surface area contributed by atoms with Crippen molar-refractivity contribution in [1.29, 1.82) is 0 Å². The molecule has 3 atom stereocenters. The fourth-order valence-electron chi connectivity index (χ4n) is 4.41. The van der Waals surface area contributed by atoms with Gasteiger partial charge in [0.1, 0.15) is 6.10 Å². The lowest BCUT2D eigenvalue weighted by molar-refractivity contribution is -0.138. The standard InChI is InChI=1S/C18H30N4O3.ClH/c1-4-24-11(2)17-20-15(25-21-17)10-22(3)18(23)14-8-12-6-5-7-13(9-14)16(12)19;/h11-14,16H,4-10,19H2,1-3H3;1H. The van der Waals surface area contributed by atoms with Crippen molar-refractivity contribution >= 4 is 18.3 Å². The van der Waals surface area contributed by atoms with Crippen LogP contribution in [-0.2, 0) is 16.1 Å². The molecule has 0 radical (unpaired) electrons. The van der Waals surface area contributed by atoms with Crippen molar-refractivity contribution in [3.8, 4) is 0 Å². The third kappa shape index (κ3) is 4.56. The minimum absolute atomic E-state index is 0. The maximum Gasteiger partial charge on any atom is 0.246 e. The van der Waals surface area contributed by atoms with Gasteiger partial charge in [-0.05, 0) is 51.4 Å². The lowest BCUT2D eigenvalue weighted by Gasteiger charge is -2.44. The lowest BCUT2D eigenvalue weighted by Crippen LogP contribution is -2.49. The highest BCUT2D eigenvalue weighted by atomic mass is 35.5. The van der Waals surface area contributed by atoms with Crippen molar-refractivity contribution in [2.45, 2.75) is 64.6 Å². The molecule has 3 rings (SSSR count). The third-order valence-electron chi connectivity index (χ3n) is 5.77. The van der Waals surface area contributed by atoms with Crippen LogP contribution >= 0.6 is 12.4 Å². The lowest BCUT2D eigenvalue weighted by atomic mass is 9.65. The van der Waals surface area contributed by atoms with Gasteiger partial charge in [0, 0.05) is 25.6 Å². The Hall–Kier alpha value is -1.18. The molecule has 2 bridgehead atoms. The minimum atomic E-state index is -0.206. The summed E-state index contributed by atoms with van der Waals surface area (Å²) in [6.07, 6.45) is 5.20. The predicted octanol–water partition coefficient (Wildman–Crippen LogP) is 2.70. The Morgan fingerprint density at radius 1 is 1.38 bits per heavy atom. The van der Waals surface area contributed by atoms with Gasteiger partial charge in [0.25, 0.3) is 0 Å². The first-order valence-electron chi connectivity index (χ1n) is 9.44. The van der Waals surface area contributed by atoms with Crippen LogP contribution < -0.4 is 5.73 Å². The zero-order valence-electron chi connectivity index (χ0n) is 15.9.